The van der Waals surface area contributed by atoms with Crippen molar-refractivity contribution in [2.75, 3.05) is 19.8 Å². The number of likely N-dealkylation sites (tertiary alicyclic amines) is 1. The first kappa shape index (κ1) is 21.2. The predicted octanol–water partition coefficient (Wildman–Crippen LogP) is 0.130. The van der Waals surface area contributed by atoms with Gasteiger partial charge in [0.05, 0.1) is 25.8 Å². The fourth-order valence-electron chi connectivity index (χ4n) is 3.88. The van der Waals surface area contributed by atoms with Crippen molar-refractivity contribution in [3.05, 3.63) is 35.9 Å². The molecule has 2 aliphatic heterocycles. The summed E-state index contributed by atoms with van der Waals surface area (Å²) >= 11 is 0. The van der Waals surface area contributed by atoms with E-state index in [1.165, 1.54) is 4.90 Å². The van der Waals surface area contributed by atoms with Crippen molar-refractivity contribution in [3.8, 4) is 0 Å². The van der Waals surface area contributed by atoms with Crippen molar-refractivity contribution in [2.24, 2.45) is 0 Å². The van der Waals surface area contributed by atoms with Crippen LogP contribution in [0.15, 0.2) is 30.3 Å². The monoisotopic (exact) mass is 406 g/mol. The zero-order valence-electron chi connectivity index (χ0n) is 16.2. The molecule has 1 aromatic rings. The van der Waals surface area contributed by atoms with Gasteiger partial charge in [-0.25, -0.2) is 4.79 Å². The quantitative estimate of drug-likeness (QED) is 0.556. The van der Waals surface area contributed by atoms with E-state index < -0.39 is 48.2 Å². The number of carboxylic acid groups (broad SMARTS) is 2. The average Bonchev–Trinajstić information content (AvgIpc) is 3.10. The van der Waals surface area contributed by atoms with Crippen molar-refractivity contribution in [2.45, 2.75) is 50.1 Å². The van der Waals surface area contributed by atoms with Crippen LogP contribution in [0.1, 0.15) is 18.9 Å². The minimum atomic E-state index is -1.16. The molecule has 3 unspecified atom stereocenters. The minimum absolute atomic E-state index is 0.105. The van der Waals surface area contributed by atoms with Crippen molar-refractivity contribution >= 4 is 17.8 Å². The molecule has 0 aliphatic carbocycles. The summed E-state index contributed by atoms with van der Waals surface area (Å²) < 4.78 is 11.1. The second-order valence-electron chi connectivity index (χ2n) is 7.32. The van der Waals surface area contributed by atoms with E-state index in [0.717, 1.165) is 5.56 Å². The van der Waals surface area contributed by atoms with Gasteiger partial charge in [-0.15, -0.1) is 0 Å². The molecule has 5 atom stereocenters. The lowest BCUT2D eigenvalue weighted by Gasteiger charge is -2.29. The Kier molecular flexibility index (Phi) is 6.83. The second kappa shape index (κ2) is 9.34. The van der Waals surface area contributed by atoms with E-state index in [2.05, 4.69) is 5.32 Å². The third-order valence-corrected chi connectivity index (χ3v) is 5.34. The molecule has 0 spiro atoms. The number of aryl methyl sites for hydroxylation is 1. The lowest BCUT2D eigenvalue weighted by Crippen LogP contribution is -2.54. The third-order valence-electron chi connectivity index (χ3n) is 5.34. The van der Waals surface area contributed by atoms with E-state index in [0.29, 0.717) is 19.4 Å². The van der Waals surface area contributed by atoms with Gasteiger partial charge in [-0.1, -0.05) is 30.3 Å². The number of rotatable bonds is 8. The van der Waals surface area contributed by atoms with E-state index in [1.807, 2.05) is 30.3 Å². The summed E-state index contributed by atoms with van der Waals surface area (Å²) in [6.45, 7) is 2.28. The largest absolute Gasteiger partial charge is 0.480 e. The Morgan fingerprint density at radius 1 is 1.17 bits per heavy atom. The summed E-state index contributed by atoms with van der Waals surface area (Å²) in [5.74, 6) is -2.70. The first-order valence-corrected chi connectivity index (χ1v) is 9.67. The lowest BCUT2D eigenvalue weighted by atomic mass is 10.0. The van der Waals surface area contributed by atoms with Crippen LogP contribution in [0.25, 0.3) is 0 Å². The standard InChI is InChI=1S/C20H26N2O7/c1-12(21-14(19(24)25)8-7-13-5-3-2-4-6-13)18(23)22-11-15-17(16(22)20(26)27)29-10-9-28-15/h2-6,12,14-17,21H,7-11H2,1H3,(H,24,25)(H,26,27)/t12?,14-,15?,16-,17?/m0/s1. The first-order valence-electron chi connectivity index (χ1n) is 9.67. The molecule has 2 heterocycles. The van der Waals surface area contributed by atoms with Crippen LogP contribution in [0.5, 0.6) is 0 Å². The highest BCUT2D eigenvalue weighted by Gasteiger charge is 2.51. The number of ether oxygens (including phenoxy) is 2. The summed E-state index contributed by atoms with van der Waals surface area (Å²) in [5, 5.41) is 22.0. The predicted molar refractivity (Wildman–Crippen MR) is 101 cm³/mol. The number of benzene rings is 1. The maximum absolute atomic E-state index is 12.9. The van der Waals surface area contributed by atoms with E-state index in [4.69, 9.17) is 9.47 Å². The lowest BCUT2D eigenvalue weighted by molar-refractivity contribution is -0.160. The van der Waals surface area contributed by atoms with Crippen molar-refractivity contribution in [1.82, 2.24) is 10.2 Å². The highest BCUT2D eigenvalue weighted by atomic mass is 16.6. The minimum Gasteiger partial charge on any atom is -0.480 e. The topological polar surface area (TPSA) is 125 Å². The molecule has 1 aromatic carbocycles. The Labute approximate surface area is 168 Å². The Hall–Kier alpha value is -2.49. The van der Waals surface area contributed by atoms with Gasteiger partial charge in [0.15, 0.2) is 6.04 Å². The van der Waals surface area contributed by atoms with Crippen LogP contribution in [-0.4, -0.2) is 83.1 Å². The number of amides is 1. The SMILES string of the molecule is CC(N[C@@H](CCc1ccccc1)C(=O)O)C(=O)N1CC2OCCOC2[C@H]1C(=O)O. The van der Waals surface area contributed by atoms with E-state index in [-0.39, 0.29) is 13.2 Å². The van der Waals surface area contributed by atoms with Crippen LogP contribution in [-0.2, 0) is 30.3 Å². The smallest absolute Gasteiger partial charge is 0.329 e. The van der Waals surface area contributed by atoms with Gasteiger partial charge >= 0.3 is 11.9 Å². The van der Waals surface area contributed by atoms with Crippen LogP contribution >= 0.6 is 0 Å². The summed E-state index contributed by atoms with van der Waals surface area (Å²) in [4.78, 5) is 37.5. The molecule has 9 heteroatoms. The van der Waals surface area contributed by atoms with Gasteiger partial charge in [0.2, 0.25) is 5.91 Å². The normalized spacial score (nSPS) is 25.8. The van der Waals surface area contributed by atoms with Crippen LogP contribution in [0.4, 0.5) is 0 Å². The number of hydrogen-bond donors (Lipinski definition) is 3. The van der Waals surface area contributed by atoms with Crippen molar-refractivity contribution < 1.29 is 34.1 Å². The Morgan fingerprint density at radius 3 is 2.52 bits per heavy atom. The zero-order chi connectivity index (χ0) is 21.0. The van der Waals surface area contributed by atoms with Crippen LogP contribution in [0, 0.1) is 0 Å². The molecule has 0 bridgehead atoms. The van der Waals surface area contributed by atoms with Gasteiger partial charge in [0, 0.05) is 0 Å². The first-order chi connectivity index (χ1) is 13.9. The maximum Gasteiger partial charge on any atom is 0.329 e. The highest BCUT2D eigenvalue weighted by Crippen LogP contribution is 2.27. The number of fused-ring (bicyclic) bond motifs is 1. The number of carbonyl (C=O) groups excluding carboxylic acids is 1. The molecule has 2 aliphatic rings. The van der Waals surface area contributed by atoms with Crippen molar-refractivity contribution in [1.29, 1.82) is 0 Å². The van der Waals surface area contributed by atoms with Crippen LogP contribution in [0.2, 0.25) is 0 Å². The second-order valence-corrected chi connectivity index (χ2v) is 7.32. The summed E-state index contributed by atoms with van der Waals surface area (Å²) in [6.07, 6.45) is -0.365. The number of nitrogens with one attached hydrogen (secondary N) is 1. The molecular weight excluding hydrogens is 380 g/mol. The Balaban J connectivity index is 1.64. The summed E-state index contributed by atoms with van der Waals surface area (Å²) in [6, 6.07) is 6.53. The fraction of sp³-hybridized carbons (Fsp3) is 0.550. The van der Waals surface area contributed by atoms with Gasteiger partial charge in [-0.05, 0) is 25.3 Å². The van der Waals surface area contributed by atoms with Gasteiger partial charge in [-0.2, -0.15) is 0 Å². The van der Waals surface area contributed by atoms with Gasteiger partial charge < -0.3 is 24.6 Å². The average molecular weight is 406 g/mol. The third kappa shape index (κ3) is 4.92. The van der Waals surface area contributed by atoms with E-state index >= 15 is 0 Å². The molecule has 2 fully saturated rings. The van der Waals surface area contributed by atoms with Crippen molar-refractivity contribution in [3.63, 3.8) is 0 Å². The van der Waals surface area contributed by atoms with E-state index in [9.17, 15) is 24.6 Å². The molecular formula is C20H26N2O7. The number of aliphatic carboxylic acids is 2. The molecule has 158 valence electrons. The molecule has 29 heavy (non-hydrogen) atoms. The molecule has 0 radical (unpaired) electrons. The summed E-state index contributed by atoms with van der Waals surface area (Å²) in [5.41, 5.74) is 1.00. The molecule has 9 nitrogen and oxygen atoms in total. The van der Waals surface area contributed by atoms with Crippen LogP contribution in [0.3, 0.4) is 0 Å². The number of carbonyl (C=O) groups is 3. The number of carboxylic acids is 2. The van der Waals surface area contributed by atoms with Gasteiger partial charge in [0.25, 0.3) is 0 Å². The Bertz CT molecular complexity index is 742. The zero-order valence-corrected chi connectivity index (χ0v) is 16.2. The molecule has 0 saturated carbocycles. The number of hydrogen-bond acceptors (Lipinski definition) is 6. The fourth-order valence-corrected chi connectivity index (χ4v) is 3.88. The highest BCUT2D eigenvalue weighted by molar-refractivity contribution is 5.88. The molecule has 2 saturated heterocycles. The molecule has 3 rings (SSSR count). The molecule has 0 aromatic heterocycles. The maximum atomic E-state index is 12.9. The van der Waals surface area contributed by atoms with Gasteiger partial charge in [0.1, 0.15) is 18.2 Å². The molecule has 3 N–H and O–H groups in total. The number of nitrogens with zero attached hydrogens (tertiary/aromatic N) is 1. The Morgan fingerprint density at radius 2 is 1.86 bits per heavy atom. The van der Waals surface area contributed by atoms with Crippen LogP contribution < -0.4 is 5.32 Å². The van der Waals surface area contributed by atoms with Gasteiger partial charge in [-0.3, -0.25) is 14.9 Å². The molecule has 1 amide bonds. The van der Waals surface area contributed by atoms with E-state index in [1.54, 1.807) is 6.92 Å². The summed E-state index contributed by atoms with van der Waals surface area (Å²) in [7, 11) is 0.